The molecule has 1 aromatic heterocycles. The van der Waals surface area contributed by atoms with Crippen molar-refractivity contribution in [2.75, 3.05) is 20.1 Å². The highest BCUT2D eigenvalue weighted by atomic mass is 16.2. The van der Waals surface area contributed by atoms with Gasteiger partial charge in [0.15, 0.2) is 0 Å². The number of hydrogen-bond donors (Lipinski definition) is 1. The van der Waals surface area contributed by atoms with E-state index in [9.17, 15) is 4.79 Å². The number of carbonyl (C=O) groups is 1. The molecule has 0 fully saturated rings. The Labute approximate surface area is 109 Å². The van der Waals surface area contributed by atoms with E-state index in [2.05, 4.69) is 10.4 Å². The highest BCUT2D eigenvalue weighted by Crippen LogP contribution is 2.12. The van der Waals surface area contributed by atoms with Crippen molar-refractivity contribution in [3.8, 4) is 0 Å². The van der Waals surface area contributed by atoms with Crippen LogP contribution >= 0.6 is 0 Å². The molecule has 1 rings (SSSR count). The quantitative estimate of drug-likeness (QED) is 0.824. The molecule has 1 heterocycles. The zero-order chi connectivity index (χ0) is 13.7. The van der Waals surface area contributed by atoms with E-state index in [1.54, 1.807) is 0 Å². The van der Waals surface area contributed by atoms with Crippen LogP contribution in [0.3, 0.4) is 0 Å². The molecule has 1 N–H and O–H groups in total. The van der Waals surface area contributed by atoms with Gasteiger partial charge in [-0.05, 0) is 34.7 Å². The summed E-state index contributed by atoms with van der Waals surface area (Å²) in [5, 5.41) is 7.58. The molecule has 1 amide bonds. The van der Waals surface area contributed by atoms with Gasteiger partial charge in [0.05, 0.1) is 5.69 Å². The molecular weight excluding hydrogens is 228 g/mol. The van der Waals surface area contributed by atoms with Gasteiger partial charge < -0.3 is 10.2 Å². The van der Waals surface area contributed by atoms with Crippen LogP contribution in [0.1, 0.15) is 30.8 Å². The van der Waals surface area contributed by atoms with Crippen LogP contribution in [0.25, 0.3) is 0 Å². The molecule has 0 saturated carbocycles. The number of carbonyl (C=O) groups excluding carboxylic acids is 1. The Morgan fingerprint density at radius 1 is 1.33 bits per heavy atom. The third-order valence-electron chi connectivity index (χ3n) is 3.29. The summed E-state index contributed by atoms with van der Waals surface area (Å²) in [5.74, 6) is 0.126. The number of aryl methyl sites for hydroxylation is 1. The Morgan fingerprint density at radius 3 is 2.44 bits per heavy atom. The van der Waals surface area contributed by atoms with Crippen LogP contribution in [-0.2, 0) is 17.9 Å². The highest BCUT2D eigenvalue weighted by Gasteiger charge is 2.15. The van der Waals surface area contributed by atoms with Gasteiger partial charge in [0.2, 0.25) is 5.91 Å². The van der Waals surface area contributed by atoms with Gasteiger partial charge in [-0.3, -0.25) is 9.48 Å². The third-order valence-corrected chi connectivity index (χ3v) is 3.29. The molecule has 0 saturated heterocycles. The number of hydrogen-bond acceptors (Lipinski definition) is 3. The molecule has 0 aliphatic heterocycles. The lowest BCUT2D eigenvalue weighted by atomic mass is 10.2. The molecule has 0 atom stereocenters. The predicted octanol–water partition coefficient (Wildman–Crippen LogP) is 1.09. The van der Waals surface area contributed by atoms with Crippen molar-refractivity contribution in [2.24, 2.45) is 0 Å². The average Bonchev–Trinajstić information content (AvgIpc) is 2.59. The van der Waals surface area contributed by atoms with Gasteiger partial charge >= 0.3 is 0 Å². The second-order valence-electron chi connectivity index (χ2n) is 4.40. The maximum atomic E-state index is 12.1. The second kappa shape index (κ2) is 6.54. The Hall–Kier alpha value is -1.36. The molecule has 0 aliphatic carbocycles. The van der Waals surface area contributed by atoms with Crippen LogP contribution < -0.4 is 5.32 Å². The van der Waals surface area contributed by atoms with Crippen molar-refractivity contribution in [1.82, 2.24) is 20.0 Å². The fraction of sp³-hybridized carbons (Fsp3) is 0.692. The summed E-state index contributed by atoms with van der Waals surface area (Å²) in [6.07, 6.45) is 0. The second-order valence-corrected chi connectivity index (χ2v) is 4.40. The number of rotatable bonds is 6. The van der Waals surface area contributed by atoms with E-state index in [0.717, 1.165) is 31.0 Å². The maximum Gasteiger partial charge on any atom is 0.244 e. The molecule has 5 heteroatoms. The maximum absolute atomic E-state index is 12.1. The van der Waals surface area contributed by atoms with E-state index in [1.807, 2.05) is 44.3 Å². The smallest absolute Gasteiger partial charge is 0.244 e. The molecule has 0 aromatic carbocycles. The summed E-state index contributed by atoms with van der Waals surface area (Å²) in [6.45, 7) is 10.6. The van der Waals surface area contributed by atoms with Crippen molar-refractivity contribution in [3.63, 3.8) is 0 Å². The Kier molecular flexibility index (Phi) is 5.34. The first-order chi connectivity index (χ1) is 8.54. The van der Waals surface area contributed by atoms with Gasteiger partial charge in [-0.2, -0.15) is 5.10 Å². The Morgan fingerprint density at radius 2 is 1.94 bits per heavy atom. The van der Waals surface area contributed by atoms with E-state index in [0.29, 0.717) is 6.54 Å². The summed E-state index contributed by atoms with van der Waals surface area (Å²) >= 11 is 0. The van der Waals surface area contributed by atoms with E-state index < -0.39 is 0 Å². The van der Waals surface area contributed by atoms with E-state index in [-0.39, 0.29) is 5.91 Å². The Bertz CT molecular complexity index is 407. The van der Waals surface area contributed by atoms with Crippen molar-refractivity contribution < 1.29 is 4.79 Å². The van der Waals surface area contributed by atoms with Crippen molar-refractivity contribution in [2.45, 2.75) is 40.8 Å². The standard InChI is InChI=1S/C13H24N4O/c1-6-16(7-2)13(18)9-17-11(4)12(8-14-5)10(3)15-17/h14H,6-9H2,1-5H3. The molecule has 0 radical (unpaired) electrons. The topological polar surface area (TPSA) is 50.2 Å². The fourth-order valence-electron chi connectivity index (χ4n) is 2.12. The summed E-state index contributed by atoms with van der Waals surface area (Å²) in [6, 6.07) is 0. The normalized spacial score (nSPS) is 10.7. The van der Waals surface area contributed by atoms with Crippen LogP contribution in [0, 0.1) is 13.8 Å². The van der Waals surface area contributed by atoms with Crippen LogP contribution in [0.4, 0.5) is 0 Å². The molecule has 0 bridgehead atoms. The van der Waals surface area contributed by atoms with Crippen LogP contribution in [0.5, 0.6) is 0 Å². The molecule has 1 aromatic rings. The number of nitrogens with zero attached hydrogens (tertiary/aromatic N) is 3. The van der Waals surface area contributed by atoms with Gasteiger partial charge in [0.25, 0.3) is 0 Å². The first-order valence-corrected chi connectivity index (χ1v) is 6.50. The number of likely N-dealkylation sites (N-methyl/N-ethyl adjacent to an activating group) is 1. The van der Waals surface area contributed by atoms with Crippen LogP contribution in [-0.4, -0.2) is 40.7 Å². The largest absolute Gasteiger partial charge is 0.342 e. The van der Waals surface area contributed by atoms with E-state index in [1.165, 1.54) is 5.56 Å². The lowest BCUT2D eigenvalue weighted by molar-refractivity contribution is -0.131. The van der Waals surface area contributed by atoms with Crippen molar-refractivity contribution in [1.29, 1.82) is 0 Å². The van der Waals surface area contributed by atoms with Gasteiger partial charge in [0, 0.05) is 30.9 Å². The zero-order valence-electron chi connectivity index (χ0n) is 12.1. The van der Waals surface area contributed by atoms with Gasteiger partial charge in [0.1, 0.15) is 6.54 Å². The van der Waals surface area contributed by atoms with Crippen molar-refractivity contribution >= 4 is 5.91 Å². The lowest BCUT2D eigenvalue weighted by Gasteiger charge is -2.18. The number of nitrogens with one attached hydrogen (secondary N) is 1. The average molecular weight is 252 g/mol. The first-order valence-electron chi connectivity index (χ1n) is 6.50. The minimum atomic E-state index is 0.126. The molecular formula is C13H24N4O. The minimum Gasteiger partial charge on any atom is -0.342 e. The molecule has 18 heavy (non-hydrogen) atoms. The Balaban J connectivity index is 2.85. The summed E-state index contributed by atoms with van der Waals surface area (Å²) in [4.78, 5) is 13.9. The van der Waals surface area contributed by atoms with Crippen LogP contribution in [0.2, 0.25) is 0 Å². The monoisotopic (exact) mass is 252 g/mol. The molecule has 0 unspecified atom stereocenters. The number of amides is 1. The first kappa shape index (κ1) is 14.7. The number of aromatic nitrogens is 2. The SMILES string of the molecule is CCN(CC)C(=O)Cn1nc(C)c(CNC)c1C. The van der Waals surface area contributed by atoms with Gasteiger partial charge in [-0.15, -0.1) is 0 Å². The molecule has 102 valence electrons. The minimum absolute atomic E-state index is 0.126. The molecule has 5 nitrogen and oxygen atoms in total. The highest BCUT2D eigenvalue weighted by molar-refractivity contribution is 5.75. The predicted molar refractivity (Wildman–Crippen MR) is 72.4 cm³/mol. The van der Waals surface area contributed by atoms with Gasteiger partial charge in [-0.25, -0.2) is 0 Å². The zero-order valence-corrected chi connectivity index (χ0v) is 12.1. The van der Waals surface area contributed by atoms with E-state index >= 15 is 0 Å². The summed E-state index contributed by atoms with van der Waals surface area (Å²) in [7, 11) is 1.91. The summed E-state index contributed by atoms with van der Waals surface area (Å²) in [5.41, 5.74) is 3.25. The fourth-order valence-corrected chi connectivity index (χ4v) is 2.12. The lowest BCUT2D eigenvalue weighted by Crippen LogP contribution is -2.34. The van der Waals surface area contributed by atoms with Gasteiger partial charge in [-0.1, -0.05) is 0 Å². The molecule has 0 spiro atoms. The molecule has 0 aliphatic rings. The third kappa shape index (κ3) is 3.10. The summed E-state index contributed by atoms with van der Waals surface area (Å²) < 4.78 is 1.81. The van der Waals surface area contributed by atoms with E-state index in [4.69, 9.17) is 0 Å². The van der Waals surface area contributed by atoms with Crippen LogP contribution in [0.15, 0.2) is 0 Å². The van der Waals surface area contributed by atoms with Crippen molar-refractivity contribution in [3.05, 3.63) is 17.0 Å².